The van der Waals surface area contributed by atoms with E-state index in [4.69, 9.17) is 10.7 Å². The number of nitrogens with zero attached hydrogens (tertiary/aromatic N) is 2. The van der Waals surface area contributed by atoms with Crippen LogP contribution in [0.1, 0.15) is 11.3 Å². The van der Waals surface area contributed by atoms with Crippen molar-refractivity contribution in [3.05, 3.63) is 59.9 Å². The molecule has 0 radical (unpaired) electrons. The summed E-state index contributed by atoms with van der Waals surface area (Å²) in [5, 5.41) is 1.05. The number of benzene rings is 1. The molecule has 2 aromatic heterocycles. The molecule has 3 rings (SSSR count). The number of rotatable bonds is 4. The van der Waals surface area contributed by atoms with E-state index in [1.54, 1.807) is 11.8 Å². The lowest BCUT2D eigenvalue weighted by molar-refractivity contribution is 0.876. The monoisotopic (exact) mass is 283 g/mol. The van der Waals surface area contributed by atoms with E-state index >= 15 is 0 Å². The summed E-state index contributed by atoms with van der Waals surface area (Å²) in [6, 6.07) is 14.5. The molecule has 1 aromatic carbocycles. The molecule has 4 heteroatoms. The molecule has 2 heterocycles. The lowest BCUT2D eigenvalue weighted by Gasteiger charge is -2.04. The maximum Gasteiger partial charge on any atom is 0.138 e. The highest BCUT2D eigenvalue weighted by Gasteiger charge is 2.12. The predicted molar refractivity (Wildman–Crippen MR) is 83.3 cm³/mol. The minimum atomic E-state index is 0.629. The molecule has 3 aromatic rings. The summed E-state index contributed by atoms with van der Waals surface area (Å²) in [7, 11) is 0. The van der Waals surface area contributed by atoms with Gasteiger partial charge >= 0.3 is 0 Å². The molecule has 0 aliphatic rings. The standard InChI is InChI=1S/C16H17N3S/c1-12-5-4-6-13(11-12)20-16-14(8-9-17)19-10-3-2-7-15(19)18-16/h2-7,10-11H,8-9,17H2,1H3. The smallest absolute Gasteiger partial charge is 0.138 e. The zero-order valence-electron chi connectivity index (χ0n) is 11.4. The van der Waals surface area contributed by atoms with Crippen molar-refractivity contribution >= 4 is 17.4 Å². The van der Waals surface area contributed by atoms with Crippen LogP contribution in [0.15, 0.2) is 58.6 Å². The SMILES string of the molecule is Cc1cccc(Sc2nc3ccccn3c2CCN)c1. The third kappa shape index (κ3) is 2.57. The van der Waals surface area contributed by atoms with E-state index in [1.807, 2.05) is 24.4 Å². The molecule has 0 bridgehead atoms. The maximum atomic E-state index is 5.75. The fraction of sp³-hybridized carbons (Fsp3) is 0.188. The van der Waals surface area contributed by atoms with Gasteiger partial charge in [-0.25, -0.2) is 4.98 Å². The fourth-order valence-electron chi connectivity index (χ4n) is 2.26. The fourth-order valence-corrected chi connectivity index (χ4v) is 3.33. The Morgan fingerprint density at radius 2 is 2.10 bits per heavy atom. The molecule has 0 aliphatic carbocycles. The van der Waals surface area contributed by atoms with Crippen molar-refractivity contribution in [2.45, 2.75) is 23.3 Å². The Labute approximate surface area is 122 Å². The minimum absolute atomic E-state index is 0.629. The van der Waals surface area contributed by atoms with Gasteiger partial charge in [-0.3, -0.25) is 0 Å². The summed E-state index contributed by atoms with van der Waals surface area (Å²) >= 11 is 1.71. The number of hydrogen-bond donors (Lipinski definition) is 1. The molecule has 0 spiro atoms. The van der Waals surface area contributed by atoms with Crippen LogP contribution in [0.25, 0.3) is 5.65 Å². The van der Waals surface area contributed by atoms with Crippen LogP contribution in [-0.4, -0.2) is 15.9 Å². The van der Waals surface area contributed by atoms with Crippen LogP contribution in [-0.2, 0) is 6.42 Å². The van der Waals surface area contributed by atoms with Gasteiger partial charge in [-0.2, -0.15) is 0 Å². The highest BCUT2D eigenvalue weighted by atomic mass is 32.2. The molecule has 20 heavy (non-hydrogen) atoms. The zero-order valence-corrected chi connectivity index (χ0v) is 12.2. The first kappa shape index (κ1) is 13.2. The van der Waals surface area contributed by atoms with Crippen molar-refractivity contribution in [3.8, 4) is 0 Å². The van der Waals surface area contributed by atoms with Gasteiger partial charge in [-0.05, 0) is 37.7 Å². The van der Waals surface area contributed by atoms with Crippen molar-refractivity contribution in [3.63, 3.8) is 0 Å². The molecule has 0 fully saturated rings. The number of fused-ring (bicyclic) bond motifs is 1. The van der Waals surface area contributed by atoms with Gasteiger partial charge in [0.15, 0.2) is 0 Å². The molecule has 0 amide bonds. The summed E-state index contributed by atoms with van der Waals surface area (Å²) in [4.78, 5) is 5.94. The molecule has 0 unspecified atom stereocenters. The first-order chi connectivity index (χ1) is 9.78. The molecule has 102 valence electrons. The van der Waals surface area contributed by atoms with E-state index in [9.17, 15) is 0 Å². The molecular formula is C16H17N3S. The van der Waals surface area contributed by atoms with Crippen molar-refractivity contribution in [1.29, 1.82) is 0 Å². The van der Waals surface area contributed by atoms with Crippen molar-refractivity contribution < 1.29 is 0 Å². The van der Waals surface area contributed by atoms with Crippen LogP contribution in [0.2, 0.25) is 0 Å². The number of aromatic nitrogens is 2. The molecule has 0 atom stereocenters. The summed E-state index contributed by atoms with van der Waals surface area (Å²) < 4.78 is 2.13. The van der Waals surface area contributed by atoms with Crippen molar-refractivity contribution in [1.82, 2.24) is 9.38 Å². The third-order valence-electron chi connectivity index (χ3n) is 3.18. The van der Waals surface area contributed by atoms with E-state index in [1.165, 1.54) is 16.2 Å². The molecule has 0 saturated carbocycles. The van der Waals surface area contributed by atoms with Crippen molar-refractivity contribution in [2.24, 2.45) is 5.73 Å². The minimum Gasteiger partial charge on any atom is -0.330 e. The first-order valence-corrected chi connectivity index (χ1v) is 7.50. The predicted octanol–water partition coefficient (Wildman–Crippen LogP) is 3.30. The second-order valence-corrected chi connectivity index (χ2v) is 5.81. The second kappa shape index (κ2) is 5.69. The van der Waals surface area contributed by atoms with E-state index in [0.29, 0.717) is 6.54 Å². The van der Waals surface area contributed by atoms with Crippen LogP contribution in [0.3, 0.4) is 0 Å². The van der Waals surface area contributed by atoms with Gasteiger partial charge in [0.25, 0.3) is 0 Å². The van der Waals surface area contributed by atoms with Gasteiger partial charge in [-0.15, -0.1) is 0 Å². The second-order valence-electron chi connectivity index (χ2n) is 4.75. The molecule has 3 nitrogen and oxygen atoms in total. The highest BCUT2D eigenvalue weighted by molar-refractivity contribution is 7.99. The lowest BCUT2D eigenvalue weighted by Crippen LogP contribution is -2.05. The lowest BCUT2D eigenvalue weighted by atomic mass is 10.2. The Morgan fingerprint density at radius 3 is 2.90 bits per heavy atom. The van der Waals surface area contributed by atoms with Gasteiger partial charge in [-0.1, -0.05) is 35.5 Å². The summed E-state index contributed by atoms with van der Waals surface area (Å²) in [5.74, 6) is 0. The number of imidazole rings is 1. The van der Waals surface area contributed by atoms with E-state index in [2.05, 4.69) is 35.6 Å². The van der Waals surface area contributed by atoms with Crippen LogP contribution < -0.4 is 5.73 Å². The molecule has 2 N–H and O–H groups in total. The number of aryl methyl sites for hydroxylation is 1. The molecule has 0 saturated heterocycles. The summed E-state index contributed by atoms with van der Waals surface area (Å²) in [6.07, 6.45) is 2.88. The molecular weight excluding hydrogens is 266 g/mol. The zero-order chi connectivity index (χ0) is 13.9. The number of hydrogen-bond acceptors (Lipinski definition) is 3. The van der Waals surface area contributed by atoms with Crippen LogP contribution >= 0.6 is 11.8 Å². The van der Waals surface area contributed by atoms with Crippen LogP contribution in [0, 0.1) is 6.92 Å². The van der Waals surface area contributed by atoms with E-state index < -0.39 is 0 Å². The average molecular weight is 283 g/mol. The van der Waals surface area contributed by atoms with Gasteiger partial charge in [0.05, 0.1) is 5.69 Å². The Bertz CT molecular complexity index is 733. The van der Waals surface area contributed by atoms with Gasteiger partial charge in [0, 0.05) is 17.5 Å². The first-order valence-electron chi connectivity index (χ1n) is 6.68. The topological polar surface area (TPSA) is 43.3 Å². The van der Waals surface area contributed by atoms with E-state index in [-0.39, 0.29) is 0 Å². The largest absolute Gasteiger partial charge is 0.330 e. The van der Waals surface area contributed by atoms with Gasteiger partial charge in [0.2, 0.25) is 0 Å². The van der Waals surface area contributed by atoms with E-state index in [0.717, 1.165) is 17.1 Å². The third-order valence-corrected chi connectivity index (χ3v) is 4.19. The summed E-state index contributed by atoms with van der Waals surface area (Å²) in [6.45, 7) is 2.73. The summed E-state index contributed by atoms with van der Waals surface area (Å²) in [5.41, 5.74) is 9.18. The molecule has 0 aliphatic heterocycles. The number of pyridine rings is 1. The normalized spacial score (nSPS) is 11.1. The van der Waals surface area contributed by atoms with Gasteiger partial charge < -0.3 is 10.1 Å². The Morgan fingerprint density at radius 1 is 1.20 bits per heavy atom. The highest BCUT2D eigenvalue weighted by Crippen LogP contribution is 2.31. The van der Waals surface area contributed by atoms with Crippen LogP contribution in [0.4, 0.5) is 0 Å². The maximum absolute atomic E-state index is 5.75. The quantitative estimate of drug-likeness (QED) is 0.799. The van der Waals surface area contributed by atoms with Crippen LogP contribution in [0.5, 0.6) is 0 Å². The van der Waals surface area contributed by atoms with Gasteiger partial charge in [0.1, 0.15) is 10.7 Å². The Balaban J connectivity index is 2.04. The number of nitrogens with two attached hydrogens (primary N) is 1. The average Bonchev–Trinajstić information content (AvgIpc) is 2.77. The Kier molecular flexibility index (Phi) is 3.76. The Hall–Kier alpha value is -1.78. The van der Waals surface area contributed by atoms with Crippen molar-refractivity contribution in [2.75, 3.05) is 6.54 Å².